The van der Waals surface area contributed by atoms with E-state index in [0.29, 0.717) is 6.42 Å². The molecule has 0 bridgehead atoms. The van der Waals surface area contributed by atoms with Gasteiger partial charge in [-0.15, -0.1) is 0 Å². The smallest absolute Gasteiger partial charge is 0.342 e. The van der Waals surface area contributed by atoms with Crippen molar-refractivity contribution in [2.24, 2.45) is 5.41 Å². The predicted octanol–water partition coefficient (Wildman–Crippen LogP) is 19.2. The van der Waals surface area contributed by atoms with Gasteiger partial charge in [-0.2, -0.15) is 0 Å². The molecule has 60 heavy (non-hydrogen) atoms. The summed E-state index contributed by atoms with van der Waals surface area (Å²) in [6, 6.07) is 0. The van der Waals surface area contributed by atoms with Crippen molar-refractivity contribution in [3.8, 4) is 0 Å². The number of esters is 2. The molecular weight excluding hydrogens is 737 g/mol. The van der Waals surface area contributed by atoms with Crippen LogP contribution in [0.15, 0.2) is 0 Å². The van der Waals surface area contributed by atoms with E-state index in [9.17, 15) is 14.7 Å². The molecular formula is C56H110O4. The van der Waals surface area contributed by atoms with Crippen molar-refractivity contribution in [3.63, 3.8) is 0 Å². The van der Waals surface area contributed by atoms with Gasteiger partial charge < -0.3 is 9.84 Å². The van der Waals surface area contributed by atoms with Crippen molar-refractivity contribution in [1.82, 2.24) is 0 Å². The molecule has 4 nitrogen and oxygen atoms in total. The minimum atomic E-state index is -1.20. The van der Waals surface area contributed by atoms with E-state index in [4.69, 9.17) is 4.74 Å². The van der Waals surface area contributed by atoms with E-state index in [1.165, 1.54) is 225 Å². The summed E-state index contributed by atoms with van der Waals surface area (Å²) in [6.45, 7) is 9.11. The normalized spacial score (nSPS) is 13.2. The standard InChI is InChI=1S/C56H110O4/c1-5-9-13-17-21-24-27-29-31-33-35-38-41-45-49-53(57)54(58)60-55(59)56(50-46-42-20-16-12-8-4,51-47-43-39-36-26-23-19-15-11-7-3)52-48-44-40-37-34-32-30-28-25-22-18-14-10-6-2/h53,57H,5-52H2,1-4H3. The Morgan fingerprint density at radius 1 is 0.333 bits per heavy atom. The zero-order valence-electron chi connectivity index (χ0n) is 41.7. The number of aliphatic hydroxyl groups excluding tert-OH is 1. The first-order valence-electron chi connectivity index (χ1n) is 27.9. The van der Waals surface area contributed by atoms with E-state index < -0.39 is 17.5 Å². The third kappa shape index (κ3) is 38.7. The molecule has 0 aromatic rings. The Bertz CT molecular complexity index is 871. The molecule has 0 fully saturated rings. The molecule has 0 spiro atoms. The van der Waals surface area contributed by atoms with Gasteiger partial charge in [0.15, 0.2) is 6.10 Å². The Kier molecular flexibility index (Phi) is 46.9. The van der Waals surface area contributed by atoms with E-state index in [1.54, 1.807) is 0 Å². The number of unbranched alkanes of at least 4 members (excludes halogenated alkanes) is 40. The van der Waals surface area contributed by atoms with Crippen LogP contribution < -0.4 is 0 Å². The Balaban J connectivity index is 5.05. The van der Waals surface area contributed by atoms with E-state index in [-0.39, 0.29) is 5.97 Å². The first kappa shape index (κ1) is 59.1. The average Bonchev–Trinajstić information content (AvgIpc) is 3.25. The monoisotopic (exact) mass is 847 g/mol. The number of hydrogen-bond donors (Lipinski definition) is 1. The van der Waals surface area contributed by atoms with Crippen LogP contribution in [0.5, 0.6) is 0 Å². The van der Waals surface area contributed by atoms with Crippen LogP contribution in [0.2, 0.25) is 0 Å². The van der Waals surface area contributed by atoms with Crippen molar-refractivity contribution < 1.29 is 19.4 Å². The van der Waals surface area contributed by atoms with Gasteiger partial charge in [0.1, 0.15) is 0 Å². The summed E-state index contributed by atoms with van der Waals surface area (Å²) in [5.74, 6) is -1.03. The average molecular weight is 847 g/mol. The summed E-state index contributed by atoms with van der Waals surface area (Å²) < 4.78 is 5.73. The van der Waals surface area contributed by atoms with Gasteiger partial charge in [0.25, 0.3) is 0 Å². The third-order valence-corrected chi connectivity index (χ3v) is 13.8. The molecule has 1 N–H and O–H groups in total. The fourth-order valence-electron chi connectivity index (χ4n) is 9.45. The number of rotatable bonds is 50. The first-order chi connectivity index (χ1) is 29.5. The lowest BCUT2D eigenvalue weighted by atomic mass is 9.74. The van der Waals surface area contributed by atoms with Gasteiger partial charge >= 0.3 is 11.9 Å². The van der Waals surface area contributed by atoms with Crippen molar-refractivity contribution >= 4 is 11.9 Å². The number of carbonyl (C=O) groups excluding carboxylic acids is 2. The van der Waals surface area contributed by atoms with Crippen LogP contribution in [0.1, 0.15) is 336 Å². The lowest BCUT2D eigenvalue weighted by molar-refractivity contribution is -0.174. The van der Waals surface area contributed by atoms with E-state index in [0.717, 1.165) is 77.0 Å². The van der Waals surface area contributed by atoms with Gasteiger partial charge in [0, 0.05) is 0 Å². The highest BCUT2D eigenvalue weighted by Gasteiger charge is 2.40. The largest absolute Gasteiger partial charge is 0.391 e. The molecule has 358 valence electrons. The number of ether oxygens (including phenoxy) is 1. The minimum absolute atomic E-state index is 0.327. The lowest BCUT2D eigenvalue weighted by Crippen LogP contribution is -2.37. The summed E-state index contributed by atoms with van der Waals surface area (Å²) in [7, 11) is 0. The van der Waals surface area contributed by atoms with Gasteiger partial charge in [0.2, 0.25) is 0 Å². The summed E-state index contributed by atoms with van der Waals surface area (Å²) in [6.07, 6.45) is 57.8. The molecule has 0 aliphatic rings. The number of hydrogen-bond acceptors (Lipinski definition) is 4. The molecule has 4 heteroatoms. The zero-order valence-corrected chi connectivity index (χ0v) is 41.7. The predicted molar refractivity (Wildman–Crippen MR) is 264 cm³/mol. The second-order valence-corrected chi connectivity index (χ2v) is 19.7. The molecule has 0 aromatic carbocycles. The van der Waals surface area contributed by atoms with E-state index >= 15 is 0 Å². The molecule has 2 atom stereocenters. The first-order valence-corrected chi connectivity index (χ1v) is 27.9. The molecule has 2 unspecified atom stereocenters. The second kappa shape index (κ2) is 47.6. The highest BCUT2D eigenvalue weighted by molar-refractivity contribution is 5.90. The van der Waals surface area contributed by atoms with Gasteiger partial charge in [0.05, 0.1) is 5.41 Å². The maximum Gasteiger partial charge on any atom is 0.342 e. The van der Waals surface area contributed by atoms with E-state index in [2.05, 4.69) is 27.7 Å². The van der Waals surface area contributed by atoms with Gasteiger partial charge in [-0.05, 0) is 25.7 Å². The van der Waals surface area contributed by atoms with Crippen molar-refractivity contribution in [1.29, 1.82) is 0 Å². The van der Waals surface area contributed by atoms with Crippen molar-refractivity contribution in [2.75, 3.05) is 0 Å². The summed E-state index contributed by atoms with van der Waals surface area (Å²) in [4.78, 5) is 27.5. The molecule has 0 aromatic heterocycles. The Morgan fingerprint density at radius 3 is 0.767 bits per heavy atom. The second-order valence-electron chi connectivity index (χ2n) is 19.7. The summed E-state index contributed by atoms with van der Waals surface area (Å²) in [5, 5.41) is 10.9. The Labute approximate surface area is 377 Å². The highest BCUT2D eigenvalue weighted by Crippen LogP contribution is 2.39. The minimum Gasteiger partial charge on any atom is -0.391 e. The molecule has 0 aliphatic heterocycles. The van der Waals surface area contributed by atoms with Crippen LogP contribution in [0.25, 0.3) is 0 Å². The van der Waals surface area contributed by atoms with Gasteiger partial charge in [-0.25, -0.2) is 4.79 Å². The van der Waals surface area contributed by atoms with Crippen LogP contribution in [-0.4, -0.2) is 23.1 Å². The maximum atomic E-state index is 14.2. The zero-order chi connectivity index (χ0) is 43.9. The topological polar surface area (TPSA) is 63.6 Å². The fourth-order valence-corrected chi connectivity index (χ4v) is 9.45. The van der Waals surface area contributed by atoms with E-state index in [1.807, 2.05) is 0 Å². The van der Waals surface area contributed by atoms with Crippen LogP contribution >= 0.6 is 0 Å². The quantitative estimate of drug-likeness (QED) is 0.0376. The highest BCUT2D eigenvalue weighted by atomic mass is 16.6. The van der Waals surface area contributed by atoms with Crippen LogP contribution in [0.3, 0.4) is 0 Å². The van der Waals surface area contributed by atoms with Gasteiger partial charge in [-0.1, -0.05) is 310 Å². The molecule has 0 saturated heterocycles. The Hall–Kier alpha value is -0.900. The summed E-state index contributed by atoms with van der Waals surface area (Å²) >= 11 is 0. The van der Waals surface area contributed by atoms with Gasteiger partial charge in [-0.3, -0.25) is 4.79 Å². The molecule has 0 saturated carbocycles. The van der Waals surface area contributed by atoms with Crippen molar-refractivity contribution in [3.05, 3.63) is 0 Å². The number of carbonyl (C=O) groups is 2. The number of aliphatic hydroxyl groups is 1. The van der Waals surface area contributed by atoms with Crippen LogP contribution in [-0.2, 0) is 14.3 Å². The molecule has 0 aliphatic carbocycles. The third-order valence-electron chi connectivity index (χ3n) is 13.8. The summed E-state index contributed by atoms with van der Waals surface area (Å²) in [5.41, 5.74) is -0.605. The maximum absolute atomic E-state index is 14.2. The fraction of sp³-hybridized carbons (Fsp3) is 0.964. The van der Waals surface area contributed by atoms with Crippen molar-refractivity contribution in [2.45, 2.75) is 342 Å². The molecule has 0 rings (SSSR count). The lowest BCUT2D eigenvalue weighted by Gasteiger charge is -2.32. The molecule has 0 heterocycles. The SMILES string of the molecule is CCCCCCCCCCCCCCCCC(O)C(=O)OC(=O)C(CCCCCCCC)(CCCCCCCCCCCC)CCCCCCCCCCCCCCCC. The molecule has 0 radical (unpaired) electrons. The van der Waals surface area contributed by atoms with Crippen LogP contribution in [0, 0.1) is 5.41 Å². The molecule has 0 amide bonds. The Morgan fingerprint density at radius 2 is 0.533 bits per heavy atom. The van der Waals surface area contributed by atoms with Crippen LogP contribution in [0.4, 0.5) is 0 Å².